The normalized spacial score (nSPS) is 23.2. The lowest BCUT2D eigenvalue weighted by Gasteiger charge is -1.89. The van der Waals surface area contributed by atoms with Crippen LogP contribution in [-0.2, 0) is 4.74 Å². The molecule has 54 valence electrons. The van der Waals surface area contributed by atoms with Gasteiger partial charge in [0.15, 0.2) is 0 Å². The fourth-order valence-corrected chi connectivity index (χ4v) is 2.64. The maximum atomic E-state index is 5.17. The van der Waals surface area contributed by atoms with Crippen LogP contribution in [0, 0.1) is 6.92 Å². The highest BCUT2D eigenvalue weighted by atomic mass is 79.9. The minimum Gasteiger partial charge on any atom is -0.367 e. The summed E-state index contributed by atoms with van der Waals surface area (Å²) >= 11 is 5.30. The first-order valence-electron chi connectivity index (χ1n) is 3.14. The third-order valence-corrected chi connectivity index (χ3v) is 4.06. The lowest BCUT2D eigenvalue weighted by molar-refractivity contribution is 0.418. The second kappa shape index (κ2) is 2.32. The molecule has 1 aromatic rings. The van der Waals surface area contributed by atoms with Gasteiger partial charge in [-0.05, 0) is 33.8 Å². The summed E-state index contributed by atoms with van der Waals surface area (Å²) in [5.74, 6) is 0. The molecule has 0 aromatic carbocycles. The van der Waals surface area contributed by atoms with Crippen LogP contribution in [0.3, 0.4) is 0 Å². The fourth-order valence-electron chi connectivity index (χ4n) is 0.866. The first-order chi connectivity index (χ1) is 4.79. The Bertz CT molecular complexity index is 252. The molecule has 2 rings (SSSR count). The monoisotopic (exact) mass is 218 g/mol. The summed E-state index contributed by atoms with van der Waals surface area (Å²) in [4.78, 5) is 1.34. The van der Waals surface area contributed by atoms with Gasteiger partial charge in [-0.25, -0.2) is 0 Å². The third-order valence-electron chi connectivity index (χ3n) is 1.55. The van der Waals surface area contributed by atoms with Gasteiger partial charge in [0, 0.05) is 4.47 Å². The topological polar surface area (TPSA) is 12.5 Å². The maximum Gasteiger partial charge on any atom is 0.116 e. The molecular formula is C7H7BrOS. The first-order valence-corrected chi connectivity index (χ1v) is 4.81. The van der Waals surface area contributed by atoms with Crippen LogP contribution >= 0.6 is 27.3 Å². The van der Waals surface area contributed by atoms with E-state index in [0.717, 1.165) is 6.61 Å². The quantitative estimate of drug-likeness (QED) is 0.661. The first kappa shape index (κ1) is 6.83. The molecule has 1 aliphatic rings. The Hall–Kier alpha value is 0.140. The molecule has 10 heavy (non-hydrogen) atoms. The van der Waals surface area contributed by atoms with Crippen molar-refractivity contribution in [3.63, 3.8) is 0 Å². The van der Waals surface area contributed by atoms with E-state index in [1.165, 1.54) is 14.9 Å². The zero-order valence-electron chi connectivity index (χ0n) is 5.56. The number of hydrogen-bond donors (Lipinski definition) is 0. The Kier molecular flexibility index (Phi) is 1.59. The van der Waals surface area contributed by atoms with E-state index in [1.54, 1.807) is 11.3 Å². The lowest BCUT2D eigenvalue weighted by Crippen LogP contribution is -1.73. The van der Waals surface area contributed by atoms with E-state index in [1.807, 2.05) is 0 Å². The molecule has 2 heterocycles. The van der Waals surface area contributed by atoms with Crippen LogP contribution < -0.4 is 0 Å². The Morgan fingerprint density at radius 1 is 1.80 bits per heavy atom. The summed E-state index contributed by atoms with van der Waals surface area (Å²) in [7, 11) is 0. The van der Waals surface area contributed by atoms with Crippen molar-refractivity contribution in [3.05, 3.63) is 20.3 Å². The molecule has 3 heteroatoms. The zero-order chi connectivity index (χ0) is 7.14. The summed E-state index contributed by atoms with van der Waals surface area (Å²) in [5, 5.41) is 2.15. The van der Waals surface area contributed by atoms with Gasteiger partial charge in [-0.2, -0.15) is 0 Å². The van der Waals surface area contributed by atoms with E-state index in [0.29, 0.717) is 6.10 Å². The molecule has 0 bridgehead atoms. The number of aryl methyl sites for hydroxylation is 1. The number of hydrogen-bond acceptors (Lipinski definition) is 2. The highest BCUT2D eigenvalue weighted by Crippen LogP contribution is 2.40. The molecular weight excluding hydrogens is 212 g/mol. The van der Waals surface area contributed by atoms with Crippen LogP contribution in [0.5, 0.6) is 0 Å². The van der Waals surface area contributed by atoms with Gasteiger partial charge >= 0.3 is 0 Å². The van der Waals surface area contributed by atoms with Crippen molar-refractivity contribution in [1.29, 1.82) is 0 Å². The van der Waals surface area contributed by atoms with Gasteiger partial charge in [0.2, 0.25) is 0 Å². The van der Waals surface area contributed by atoms with Crippen LogP contribution in [0.15, 0.2) is 9.85 Å². The van der Waals surface area contributed by atoms with Gasteiger partial charge in [-0.3, -0.25) is 0 Å². The predicted molar refractivity (Wildman–Crippen MR) is 45.4 cm³/mol. The second-order valence-corrected chi connectivity index (χ2v) is 4.12. The van der Waals surface area contributed by atoms with Gasteiger partial charge < -0.3 is 4.74 Å². The standard InChI is InChI=1S/C7H7BrOS/c1-4-3-10-7(6(4)8)5-2-9-5/h3,5H,2H2,1H3/t5-/m0/s1. The molecule has 1 aliphatic heterocycles. The Morgan fingerprint density at radius 3 is 2.90 bits per heavy atom. The highest BCUT2D eigenvalue weighted by Gasteiger charge is 2.28. The van der Waals surface area contributed by atoms with E-state index >= 15 is 0 Å². The largest absolute Gasteiger partial charge is 0.367 e. The summed E-state index contributed by atoms with van der Waals surface area (Å²) in [5.41, 5.74) is 1.32. The van der Waals surface area contributed by atoms with Crippen LogP contribution in [0.25, 0.3) is 0 Å². The molecule has 0 spiro atoms. The minimum atomic E-state index is 0.396. The van der Waals surface area contributed by atoms with Gasteiger partial charge in [-0.1, -0.05) is 0 Å². The number of ether oxygens (including phenoxy) is 1. The molecule has 0 saturated carbocycles. The van der Waals surface area contributed by atoms with Crippen molar-refractivity contribution >= 4 is 27.3 Å². The van der Waals surface area contributed by atoms with Crippen molar-refractivity contribution in [1.82, 2.24) is 0 Å². The third kappa shape index (κ3) is 1.02. The average Bonchev–Trinajstić information content (AvgIpc) is 2.67. The van der Waals surface area contributed by atoms with Crippen LogP contribution in [0.1, 0.15) is 16.5 Å². The van der Waals surface area contributed by atoms with Crippen molar-refractivity contribution in [2.75, 3.05) is 6.61 Å². The van der Waals surface area contributed by atoms with Crippen LogP contribution in [0.2, 0.25) is 0 Å². The molecule has 0 radical (unpaired) electrons. The highest BCUT2D eigenvalue weighted by molar-refractivity contribution is 9.10. The van der Waals surface area contributed by atoms with Crippen molar-refractivity contribution < 1.29 is 4.74 Å². The summed E-state index contributed by atoms with van der Waals surface area (Å²) in [6.07, 6.45) is 0.396. The zero-order valence-corrected chi connectivity index (χ0v) is 7.96. The molecule has 1 atom stereocenters. The van der Waals surface area contributed by atoms with E-state index in [-0.39, 0.29) is 0 Å². The van der Waals surface area contributed by atoms with Gasteiger partial charge in [-0.15, -0.1) is 11.3 Å². The summed E-state index contributed by atoms with van der Waals surface area (Å²) in [6, 6.07) is 0. The number of epoxide rings is 1. The maximum absolute atomic E-state index is 5.17. The second-order valence-electron chi connectivity index (χ2n) is 2.42. The molecule has 1 aromatic heterocycles. The number of rotatable bonds is 1. The van der Waals surface area contributed by atoms with Gasteiger partial charge in [0.05, 0.1) is 11.5 Å². The lowest BCUT2D eigenvalue weighted by atomic mass is 10.3. The molecule has 0 aliphatic carbocycles. The Balaban J connectivity index is 2.40. The Morgan fingerprint density at radius 2 is 2.50 bits per heavy atom. The van der Waals surface area contributed by atoms with Gasteiger partial charge in [0.1, 0.15) is 6.10 Å². The molecule has 0 N–H and O–H groups in total. The van der Waals surface area contributed by atoms with E-state index < -0.39 is 0 Å². The molecule has 0 unspecified atom stereocenters. The Labute approximate surface area is 72.1 Å². The minimum absolute atomic E-state index is 0.396. The van der Waals surface area contributed by atoms with Crippen molar-refractivity contribution in [2.45, 2.75) is 13.0 Å². The van der Waals surface area contributed by atoms with Crippen molar-refractivity contribution in [3.8, 4) is 0 Å². The summed E-state index contributed by atoms with van der Waals surface area (Å²) in [6.45, 7) is 3.00. The summed E-state index contributed by atoms with van der Waals surface area (Å²) < 4.78 is 6.41. The number of thiophene rings is 1. The van der Waals surface area contributed by atoms with Crippen molar-refractivity contribution in [2.24, 2.45) is 0 Å². The van der Waals surface area contributed by atoms with E-state index in [9.17, 15) is 0 Å². The average molecular weight is 219 g/mol. The van der Waals surface area contributed by atoms with Crippen LogP contribution in [0.4, 0.5) is 0 Å². The molecule has 1 nitrogen and oxygen atoms in total. The van der Waals surface area contributed by atoms with Crippen LogP contribution in [-0.4, -0.2) is 6.61 Å². The SMILES string of the molecule is Cc1csc([C@@H]2CO2)c1Br. The molecule has 1 saturated heterocycles. The molecule has 1 fully saturated rings. The fraction of sp³-hybridized carbons (Fsp3) is 0.429. The molecule has 0 amide bonds. The number of halogens is 1. The van der Waals surface area contributed by atoms with E-state index in [2.05, 4.69) is 28.2 Å². The predicted octanol–water partition coefficient (Wildman–Crippen LogP) is 2.89. The van der Waals surface area contributed by atoms with E-state index in [4.69, 9.17) is 4.74 Å². The van der Waals surface area contributed by atoms with Gasteiger partial charge in [0.25, 0.3) is 0 Å². The smallest absolute Gasteiger partial charge is 0.116 e.